The fourth-order valence-electron chi connectivity index (χ4n) is 1.96. The lowest BCUT2D eigenvalue weighted by Gasteiger charge is -2.03. The molecule has 0 radical (unpaired) electrons. The van der Waals surface area contributed by atoms with E-state index in [9.17, 15) is 4.79 Å². The van der Waals surface area contributed by atoms with Gasteiger partial charge in [-0.3, -0.25) is 4.68 Å². The highest BCUT2D eigenvalue weighted by Gasteiger charge is 2.15. The molecule has 112 valence electrons. The van der Waals surface area contributed by atoms with Crippen molar-refractivity contribution >= 4 is 5.97 Å². The number of hydrogen-bond donors (Lipinski definition) is 0. The van der Waals surface area contributed by atoms with Gasteiger partial charge < -0.3 is 9.47 Å². The van der Waals surface area contributed by atoms with Crippen LogP contribution in [0.5, 0.6) is 5.75 Å². The second-order valence-electron chi connectivity index (χ2n) is 4.54. The molecule has 0 aliphatic carbocycles. The molecule has 21 heavy (non-hydrogen) atoms. The van der Waals surface area contributed by atoms with Crippen LogP contribution in [0.25, 0.3) is 0 Å². The summed E-state index contributed by atoms with van der Waals surface area (Å²) in [5, 5.41) is 4.08. The first kappa shape index (κ1) is 15.0. The third-order valence-corrected chi connectivity index (χ3v) is 3.11. The number of aryl methyl sites for hydroxylation is 3. The molecule has 0 aliphatic heterocycles. The van der Waals surface area contributed by atoms with Crippen LogP contribution in [0.1, 0.15) is 28.9 Å². The number of rotatable bonds is 6. The maximum absolute atomic E-state index is 11.6. The maximum atomic E-state index is 11.6. The Hall–Kier alpha value is -2.37. The van der Waals surface area contributed by atoms with Gasteiger partial charge in [0.05, 0.1) is 13.7 Å². The Bertz CT molecular complexity index is 605. The van der Waals surface area contributed by atoms with E-state index in [0.717, 1.165) is 18.0 Å². The van der Waals surface area contributed by atoms with Gasteiger partial charge in [0.2, 0.25) is 0 Å². The Morgan fingerprint density at radius 2 is 1.95 bits per heavy atom. The van der Waals surface area contributed by atoms with Crippen molar-refractivity contribution in [3.05, 3.63) is 41.5 Å². The molecule has 0 saturated carbocycles. The second kappa shape index (κ2) is 6.88. The number of aromatic nitrogens is 3. The zero-order chi connectivity index (χ0) is 15.2. The predicted molar refractivity (Wildman–Crippen MR) is 77.4 cm³/mol. The van der Waals surface area contributed by atoms with E-state index in [2.05, 4.69) is 10.1 Å². The number of carbonyl (C=O) groups is 1. The second-order valence-corrected chi connectivity index (χ2v) is 4.54. The molecule has 6 heteroatoms. The zero-order valence-corrected chi connectivity index (χ0v) is 12.5. The van der Waals surface area contributed by atoms with Crippen LogP contribution in [0, 0.1) is 0 Å². The van der Waals surface area contributed by atoms with E-state index in [4.69, 9.17) is 9.47 Å². The van der Waals surface area contributed by atoms with Gasteiger partial charge in [-0.2, -0.15) is 0 Å². The lowest BCUT2D eigenvalue weighted by molar-refractivity contribution is 0.0512. The molecule has 0 spiro atoms. The van der Waals surface area contributed by atoms with Gasteiger partial charge in [-0.15, -0.1) is 5.10 Å². The minimum Gasteiger partial charge on any atom is -0.497 e. The third kappa shape index (κ3) is 3.81. The van der Waals surface area contributed by atoms with Crippen molar-refractivity contribution in [1.82, 2.24) is 14.8 Å². The Kier molecular flexibility index (Phi) is 4.92. The van der Waals surface area contributed by atoms with E-state index < -0.39 is 5.97 Å². The summed E-state index contributed by atoms with van der Waals surface area (Å²) in [6, 6.07) is 7.88. The van der Waals surface area contributed by atoms with E-state index in [1.807, 2.05) is 24.3 Å². The normalized spacial score (nSPS) is 10.4. The minimum atomic E-state index is -0.483. The van der Waals surface area contributed by atoms with Crippen LogP contribution >= 0.6 is 0 Å². The van der Waals surface area contributed by atoms with Gasteiger partial charge in [-0.1, -0.05) is 12.1 Å². The molecular formula is C15H19N3O3. The molecule has 0 amide bonds. The van der Waals surface area contributed by atoms with Crippen LogP contribution < -0.4 is 4.74 Å². The van der Waals surface area contributed by atoms with Crippen LogP contribution in [0.15, 0.2) is 24.3 Å². The number of esters is 1. The smallest absolute Gasteiger partial charge is 0.378 e. The van der Waals surface area contributed by atoms with Gasteiger partial charge in [0.1, 0.15) is 11.6 Å². The van der Waals surface area contributed by atoms with E-state index in [1.54, 1.807) is 25.8 Å². The van der Waals surface area contributed by atoms with Crippen molar-refractivity contribution in [2.24, 2.45) is 7.05 Å². The van der Waals surface area contributed by atoms with Crippen molar-refractivity contribution < 1.29 is 14.3 Å². The van der Waals surface area contributed by atoms with Crippen LogP contribution in [0.3, 0.4) is 0 Å². The van der Waals surface area contributed by atoms with Gasteiger partial charge in [0.15, 0.2) is 0 Å². The fraction of sp³-hybridized carbons (Fsp3) is 0.400. The van der Waals surface area contributed by atoms with Crippen molar-refractivity contribution in [3.8, 4) is 5.75 Å². The highest BCUT2D eigenvalue weighted by molar-refractivity contribution is 5.84. The van der Waals surface area contributed by atoms with E-state index in [-0.39, 0.29) is 5.82 Å². The largest absolute Gasteiger partial charge is 0.497 e. The standard InChI is InChI=1S/C15H19N3O3/c1-4-21-15(19)14-16-13(18(2)17-14)10-7-11-5-8-12(20-3)9-6-11/h5-6,8-9H,4,7,10H2,1-3H3. The topological polar surface area (TPSA) is 66.2 Å². The fourth-order valence-corrected chi connectivity index (χ4v) is 1.96. The summed E-state index contributed by atoms with van der Waals surface area (Å²) < 4.78 is 11.6. The summed E-state index contributed by atoms with van der Waals surface area (Å²) in [7, 11) is 3.42. The predicted octanol–water partition coefficient (Wildman–Crippen LogP) is 1.79. The molecule has 2 aromatic rings. The number of methoxy groups -OCH3 is 1. The van der Waals surface area contributed by atoms with Crippen molar-refractivity contribution in [3.63, 3.8) is 0 Å². The van der Waals surface area contributed by atoms with Crippen LogP contribution in [-0.2, 0) is 24.6 Å². The lowest BCUT2D eigenvalue weighted by atomic mass is 10.1. The molecule has 0 atom stereocenters. The average Bonchev–Trinajstić information content (AvgIpc) is 2.87. The van der Waals surface area contributed by atoms with Gasteiger partial charge in [0.25, 0.3) is 5.82 Å². The minimum absolute atomic E-state index is 0.115. The molecule has 6 nitrogen and oxygen atoms in total. The van der Waals surface area contributed by atoms with Crippen molar-refractivity contribution in [1.29, 1.82) is 0 Å². The van der Waals surface area contributed by atoms with Crippen LogP contribution in [0.4, 0.5) is 0 Å². The van der Waals surface area contributed by atoms with Crippen molar-refractivity contribution in [2.75, 3.05) is 13.7 Å². The SMILES string of the molecule is CCOC(=O)c1nc(CCc2ccc(OC)cc2)n(C)n1. The first-order valence-electron chi connectivity index (χ1n) is 6.84. The Morgan fingerprint density at radius 3 is 2.57 bits per heavy atom. The lowest BCUT2D eigenvalue weighted by Crippen LogP contribution is -2.07. The number of carbonyl (C=O) groups excluding carboxylic acids is 1. The summed E-state index contributed by atoms with van der Waals surface area (Å²) in [6.07, 6.45) is 1.52. The van der Waals surface area contributed by atoms with Gasteiger partial charge >= 0.3 is 5.97 Å². The first-order valence-corrected chi connectivity index (χ1v) is 6.84. The van der Waals surface area contributed by atoms with Crippen LogP contribution in [0.2, 0.25) is 0 Å². The number of ether oxygens (including phenoxy) is 2. The Labute approximate surface area is 123 Å². The highest BCUT2D eigenvalue weighted by Crippen LogP contribution is 2.13. The molecule has 1 aromatic carbocycles. The van der Waals surface area contributed by atoms with Gasteiger partial charge in [-0.05, 0) is 31.0 Å². The monoisotopic (exact) mass is 289 g/mol. The third-order valence-electron chi connectivity index (χ3n) is 3.11. The molecule has 1 heterocycles. The highest BCUT2D eigenvalue weighted by atomic mass is 16.5. The quantitative estimate of drug-likeness (QED) is 0.758. The molecule has 2 rings (SSSR count). The Balaban J connectivity index is 2.00. The molecule has 1 aromatic heterocycles. The molecular weight excluding hydrogens is 270 g/mol. The van der Waals surface area contributed by atoms with E-state index in [0.29, 0.717) is 13.0 Å². The van der Waals surface area contributed by atoms with E-state index in [1.165, 1.54) is 5.56 Å². The maximum Gasteiger partial charge on any atom is 0.378 e. The summed E-state index contributed by atoms with van der Waals surface area (Å²) in [6.45, 7) is 2.07. The molecule has 0 aliphatic rings. The molecule has 0 bridgehead atoms. The van der Waals surface area contributed by atoms with Gasteiger partial charge in [0, 0.05) is 13.5 Å². The Morgan fingerprint density at radius 1 is 1.24 bits per heavy atom. The van der Waals surface area contributed by atoms with Crippen LogP contribution in [-0.4, -0.2) is 34.5 Å². The average molecular weight is 289 g/mol. The summed E-state index contributed by atoms with van der Waals surface area (Å²) in [4.78, 5) is 15.8. The number of nitrogens with zero attached hydrogens (tertiary/aromatic N) is 3. The van der Waals surface area contributed by atoms with Crippen molar-refractivity contribution in [2.45, 2.75) is 19.8 Å². The summed E-state index contributed by atoms with van der Waals surface area (Å²) >= 11 is 0. The number of hydrogen-bond acceptors (Lipinski definition) is 5. The first-order chi connectivity index (χ1) is 10.1. The summed E-state index contributed by atoms with van der Waals surface area (Å²) in [5.74, 6) is 1.23. The zero-order valence-electron chi connectivity index (χ0n) is 12.5. The summed E-state index contributed by atoms with van der Waals surface area (Å²) in [5.41, 5.74) is 1.18. The van der Waals surface area contributed by atoms with E-state index >= 15 is 0 Å². The molecule has 0 unspecified atom stereocenters. The number of benzene rings is 1. The molecule has 0 N–H and O–H groups in total. The van der Waals surface area contributed by atoms with Gasteiger partial charge in [-0.25, -0.2) is 9.78 Å². The molecule has 0 saturated heterocycles. The molecule has 0 fully saturated rings.